The number of aromatic hydroxyl groups is 1. The van der Waals surface area contributed by atoms with Crippen LogP contribution in [0, 0.1) is 5.82 Å². The molecule has 2 aromatic heterocycles. The van der Waals surface area contributed by atoms with Crippen LogP contribution in [0.25, 0.3) is 22.3 Å². The van der Waals surface area contributed by atoms with Gasteiger partial charge in [0.15, 0.2) is 5.82 Å². The zero-order valence-corrected chi connectivity index (χ0v) is 15.0. The number of hydrogen-bond donors (Lipinski definition) is 1. The summed E-state index contributed by atoms with van der Waals surface area (Å²) in [6.45, 7) is 0.786. The molecule has 1 aliphatic heterocycles. The van der Waals surface area contributed by atoms with Gasteiger partial charge in [-0.2, -0.15) is 0 Å². The number of anilines is 1. The van der Waals surface area contributed by atoms with E-state index in [1.165, 1.54) is 12.1 Å². The number of fused-ring (bicyclic) bond motifs is 1. The van der Waals surface area contributed by atoms with Crippen molar-refractivity contribution in [2.45, 2.75) is 18.9 Å². The third kappa shape index (κ3) is 2.78. The van der Waals surface area contributed by atoms with E-state index in [1.807, 2.05) is 18.2 Å². The maximum Gasteiger partial charge on any atom is 0.165 e. The highest BCUT2D eigenvalue weighted by Gasteiger charge is 2.31. The summed E-state index contributed by atoms with van der Waals surface area (Å²) in [4.78, 5) is 11.5. The van der Waals surface area contributed by atoms with Crippen LogP contribution in [-0.2, 0) is 0 Å². The molecule has 4 aromatic rings. The molecule has 5 nitrogen and oxygen atoms in total. The Morgan fingerprint density at radius 3 is 2.79 bits per heavy atom. The fourth-order valence-corrected chi connectivity index (χ4v) is 3.88. The summed E-state index contributed by atoms with van der Waals surface area (Å²) >= 11 is 0. The molecule has 0 bridgehead atoms. The van der Waals surface area contributed by atoms with Crippen LogP contribution in [0.2, 0.25) is 0 Å². The molecule has 0 spiro atoms. The van der Waals surface area contributed by atoms with Crippen LogP contribution in [0.3, 0.4) is 0 Å². The lowest BCUT2D eigenvalue weighted by atomic mass is 10.1. The Bertz CT molecular complexity index is 1140. The van der Waals surface area contributed by atoms with E-state index in [0.717, 1.165) is 25.1 Å². The number of aromatic nitrogens is 2. The van der Waals surface area contributed by atoms with E-state index < -0.39 is 0 Å². The maximum atomic E-state index is 14.0. The van der Waals surface area contributed by atoms with Crippen molar-refractivity contribution in [3.8, 4) is 17.1 Å². The predicted octanol–water partition coefficient (Wildman–Crippen LogP) is 5.08. The van der Waals surface area contributed by atoms with Gasteiger partial charge >= 0.3 is 0 Å². The predicted molar refractivity (Wildman–Crippen MR) is 105 cm³/mol. The Morgan fingerprint density at radius 2 is 1.96 bits per heavy atom. The minimum Gasteiger partial charge on any atom is -0.507 e. The lowest BCUT2D eigenvalue weighted by molar-refractivity contribution is 0.464. The van der Waals surface area contributed by atoms with Crippen molar-refractivity contribution < 1.29 is 13.9 Å². The Kier molecular flexibility index (Phi) is 3.97. The largest absolute Gasteiger partial charge is 0.507 e. The third-order valence-electron chi connectivity index (χ3n) is 5.18. The van der Waals surface area contributed by atoms with Crippen molar-refractivity contribution in [1.29, 1.82) is 0 Å². The van der Waals surface area contributed by atoms with Crippen LogP contribution < -0.4 is 4.90 Å². The minimum atomic E-state index is -0.332. The second-order valence-electron chi connectivity index (χ2n) is 6.92. The van der Waals surface area contributed by atoms with Gasteiger partial charge in [-0.05, 0) is 55.3 Å². The number of halogens is 1. The molecule has 3 heterocycles. The number of rotatable bonds is 3. The van der Waals surface area contributed by atoms with Gasteiger partial charge in [-0.15, -0.1) is 0 Å². The molecule has 5 rings (SSSR count). The van der Waals surface area contributed by atoms with Crippen molar-refractivity contribution in [2.75, 3.05) is 11.4 Å². The first-order valence-electron chi connectivity index (χ1n) is 9.26. The highest BCUT2D eigenvalue weighted by Crippen LogP contribution is 2.40. The van der Waals surface area contributed by atoms with E-state index in [9.17, 15) is 9.50 Å². The molecule has 1 fully saturated rings. The van der Waals surface area contributed by atoms with Gasteiger partial charge in [0.2, 0.25) is 0 Å². The van der Waals surface area contributed by atoms with Crippen LogP contribution in [0.1, 0.15) is 24.6 Å². The topological polar surface area (TPSA) is 62.4 Å². The zero-order chi connectivity index (χ0) is 19.1. The summed E-state index contributed by atoms with van der Waals surface area (Å²) in [7, 11) is 0. The number of nitrogens with zero attached hydrogens (tertiary/aromatic N) is 3. The van der Waals surface area contributed by atoms with Gasteiger partial charge in [-0.1, -0.05) is 12.1 Å². The van der Waals surface area contributed by atoms with Crippen molar-refractivity contribution in [3.63, 3.8) is 0 Å². The maximum absolute atomic E-state index is 14.0. The molecule has 1 atom stereocenters. The molecular weight excluding hydrogens is 357 g/mol. The molecule has 0 amide bonds. The average Bonchev–Trinajstić information content (AvgIpc) is 3.39. The summed E-state index contributed by atoms with van der Waals surface area (Å²) in [5.74, 6) is 1.71. The monoisotopic (exact) mass is 375 g/mol. The lowest BCUT2D eigenvalue weighted by Crippen LogP contribution is -2.24. The van der Waals surface area contributed by atoms with E-state index in [4.69, 9.17) is 9.40 Å². The van der Waals surface area contributed by atoms with Crippen LogP contribution in [0.5, 0.6) is 5.75 Å². The Labute approximate surface area is 161 Å². The van der Waals surface area contributed by atoms with Crippen LogP contribution in [0.4, 0.5) is 10.2 Å². The lowest BCUT2D eigenvalue weighted by Gasteiger charge is -2.26. The molecule has 2 aromatic carbocycles. The molecule has 0 saturated carbocycles. The molecule has 1 unspecified atom stereocenters. The minimum absolute atomic E-state index is 0.0357. The van der Waals surface area contributed by atoms with Gasteiger partial charge in [-0.25, -0.2) is 14.4 Å². The number of para-hydroxylation sites is 1. The first-order valence-corrected chi connectivity index (χ1v) is 9.26. The van der Waals surface area contributed by atoms with Gasteiger partial charge in [0, 0.05) is 11.9 Å². The van der Waals surface area contributed by atoms with Crippen LogP contribution in [-0.4, -0.2) is 21.6 Å². The molecule has 6 heteroatoms. The Balaban J connectivity index is 1.72. The third-order valence-corrected chi connectivity index (χ3v) is 5.18. The molecular formula is C22H18FN3O2. The first kappa shape index (κ1) is 16.7. The van der Waals surface area contributed by atoms with Gasteiger partial charge in [-0.3, -0.25) is 0 Å². The summed E-state index contributed by atoms with van der Waals surface area (Å²) in [5, 5.41) is 10.9. The van der Waals surface area contributed by atoms with Crippen LogP contribution in [0.15, 0.2) is 65.3 Å². The average molecular weight is 375 g/mol. The van der Waals surface area contributed by atoms with Crippen LogP contribution >= 0.6 is 0 Å². The van der Waals surface area contributed by atoms with Crippen molar-refractivity contribution >= 4 is 16.7 Å². The summed E-state index contributed by atoms with van der Waals surface area (Å²) in [6, 6.07) is 15.3. The van der Waals surface area contributed by atoms with E-state index in [-0.39, 0.29) is 17.6 Å². The Morgan fingerprint density at radius 1 is 1.07 bits per heavy atom. The molecule has 0 aliphatic carbocycles. The van der Waals surface area contributed by atoms with E-state index in [2.05, 4.69) is 9.88 Å². The van der Waals surface area contributed by atoms with Gasteiger partial charge < -0.3 is 14.4 Å². The number of hydrogen-bond acceptors (Lipinski definition) is 5. The van der Waals surface area contributed by atoms with E-state index in [1.54, 1.807) is 30.5 Å². The standard InChI is InChI=1S/C22H18FN3O2/c23-14-9-10-17-16(13-14)22(25-21(24-17)15-5-1-2-7-19(15)27)26-11-3-6-18(26)20-8-4-12-28-20/h1-2,4-5,7-10,12-13,18,27H,3,6,11H2. The fraction of sp³-hybridized carbons (Fsp3) is 0.182. The molecule has 1 aliphatic rings. The zero-order valence-electron chi connectivity index (χ0n) is 15.0. The van der Waals surface area contributed by atoms with Crippen molar-refractivity contribution in [1.82, 2.24) is 9.97 Å². The van der Waals surface area contributed by atoms with E-state index >= 15 is 0 Å². The first-order chi connectivity index (χ1) is 13.7. The van der Waals surface area contributed by atoms with Crippen molar-refractivity contribution in [3.05, 3.63) is 72.4 Å². The summed E-state index contributed by atoms with van der Waals surface area (Å²) < 4.78 is 19.7. The highest BCUT2D eigenvalue weighted by molar-refractivity contribution is 5.91. The highest BCUT2D eigenvalue weighted by atomic mass is 19.1. The second-order valence-corrected chi connectivity index (χ2v) is 6.92. The number of phenolic OH excluding ortho intramolecular Hbond substituents is 1. The molecule has 0 radical (unpaired) electrons. The number of phenols is 1. The second kappa shape index (κ2) is 6.64. The molecule has 140 valence electrons. The molecule has 28 heavy (non-hydrogen) atoms. The number of benzene rings is 2. The number of furan rings is 1. The van der Waals surface area contributed by atoms with E-state index in [0.29, 0.717) is 28.1 Å². The summed E-state index contributed by atoms with van der Waals surface area (Å²) in [5.41, 5.74) is 1.18. The smallest absolute Gasteiger partial charge is 0.165 e. The van der Waals surface area contributed by atoms with Crippen molar-refractivity contribution in [2.24, 2.45) is 0 Å². The quantitative estimate of drug-likeness (QED) is 0.541. The van der Waals surface area contributed by atoms with Gasteiger partial charge in [0.1, 0.15) is 23.1 Å². The normalized spacial score (nSPS) is 16.8. The molecule has 1 N–H and O–H groups in total. The SMILES string of the molecule is Oc1ccccc1-c1nc(N2CCCC2c2ccco2)c2cc(F)ccc2n1. The van der Waals surface area contributed by atoms with Gasteiger partial charge in [0.05, 0.1) is 23.4 Å². The summed E-state index contributed by atoms with van der Waals surface area (Å²) in [6.07, 6.45) is 3.58. The fourth-order valence-electron chi connectivity index (χ4n) is 3.88. The van der Waals surface area contributed by atoms with Gasteiger partial charge in [0.25, 0.3) is 0 Å². The molecule has 1 saturated heterocycles. The Hall–Kier alpha value is -3.41.